The van der Waals surface area contributed by atoms with Crippen LogP contribution in [0.4, 0.5) is 11.4 Å². The van der Waals surface area contributed by atoms with E-state index in [4.69, 9.17) is 23.2 Å². The predicted molar refractivity (Wildman–Crippen MR) is 101 cm³/mol. The quantitative estimate of drug-likeness (QED) is 0.396. The van der Waals surface area contributed by atoms with E-state index in [2.05, 4.69) is 17.5 Å². The average Bonchev–Trinajstić information content (AvgIpc) is 3.07. The van der Waals surface area contributed by atoms with Gasteiger partial charge in [-0.25, -0.2) is 0 Å². The first kappa shape index (κ1) is 16.4. The molecule has 0 saturated carbocycles. The number of rotatable bonds is 2. The summed E-state index contributed by atoms with van der Waals surface area (Å²) >= 11 is 12.7. The van der Waals surface area contributed by atoms with Crippen molar-refractivity contribution in [3.8, 4) is 0 Å². The number of hydrogen-bond donors (Lipinski definition) is 1. The Hall–Kier alpha value is -2.04. The van der Waals surface area contributed by atoms with E-state index < -0.39 is 0 Å². The van der Waals surface area contributed by atoms with Gasteiger partial charge in [-0.2, -0.15) is 0 Å². The van der Waals surface area contributed by atoms with Crippen LogP contribution in [-0.2, 0) is 0 Å². The largest absolute Gasteiger partial charge is 0.377 e. The van der Waals surface area contributed by atoms with Crippen LogP contribution in [0.1, 0.15) is 35.1 Å². The van der Waals surface area contributed by atoms with E-state index >= 15 is 0 Å². The minimum Gasteiger partial charge on any atom is -0.377 e. The first-order chi connectivity index (χ1) is 12.0. The van der Waals surface area contributed by atoms with Gasteiger partial charge in [0.1, 0.15) is 0 Å². The second-order valence-electron chi connectivity index (χ2n) is 6.60. The van der Waals surface area contributed by atoms with Crippen LogP contribution in [0.5, 0.6) is 0 Å². The fourth-order valence-corrected chi connectivity index (χ4v) is 4.47. The molecule has 4 nitrogen and oxygen atoms in total. The Labute approximate surface area is 155 Å². The van der Waals surface area contributed by atoms with E-state index in [-0.39, 0.29) is 28.5 Å². The van der Waals surface area contributed by atoms with Gasteiger partial charge in [0.2, 0.25) is 0 Å². The molecular weight excluding hydrogens is 359 g/mol. The fourth-order valence-electron chi connectivity index (χ4n) is 4.04. The number of allylic oxidation sites excluding steroid dienone is 2. The summed E-state index contributed by atoms with van der Waals surface area (Å²) in [5.74, 6) is 0.389. The molecular formula is C19H16Cl2N2O2. The highest BCUT2D eigenvalue weighted by Crippen LogP contribution is 2.52. The number of halogens is 2. The maximum atomic E-state index is 11.2. The molecule has 0 aromatic heterocycles. The molecule has 0 bridgehead atoms. The Bertz CT molecular complexity index is 911. The molecule has 0 unspecified atom stereocenters. The summed E-state index contributed by atoms with van der Waals surface area (Å²) in [6, 6.07) is 9.00. The Morgan fingerprint density at radius 2 is 2.04 bits per heavy atom. The zero-order valence-electron chi connectivity index (χ0n) is 13.5. The Morgan fingerprint density at radius 3 is 2.80 bits per heavy atom. The molecule has 6 heteroatoms. The highest BCUT2D eigenvalue weighted by atomic mass is 35.5. The molecule has 1 heterocycles. The first-order valence-electron chi connectivity index (χ1n) is 8.13. The van der Waals surface area contributed by atoms with Crippen molar-refractivity contribution in [2.45, 2.75) is 25.3 Å². The lowest BCUT2D eigenvalue weighted by Crippen LogP contribution is -2.30. The number of aryl methyl sites for hydroxylation is 1. The Kier molecular flexibility index (Phi) is 3.97. The predicted octanol–water partition coefficient (Wildman–Crippen LogP) is 6.04. The van der Waals surface area contributed by atoms with Crippen LogP contribution < -0.4 is 5.32 Å². The summed E-state index contributed by atoms with van der Waals surface area (Å²) in [6.45, 7) is 1.90. The second kappa shape index (κ2) is 6.04. The van der Waals surface area contributed by atoms with E-state index in [1.807, 2.05) is 19.1 Å². The summed E-state index contributed by atoms with van der Waals surface area (Å²) in [7, 11) is 0. The van der Waals surface area contributed by atoms with Gasteiger partial charge in [-0.15, -0.1) is 0 Å². The van der Waals surface area contributed by atoms with Gasteiger partial charge in [0.05, 0.1) is 21.0 Å². The van der Waals surface area contributed by atoms with E-state index in [1.165, 1.54) is 0 Å². The van der Waals surface area contributed by atoms with Crippen molar-refractivity contribution in [1.29, 1.82) is 0 Å². The minimum atomic E-state index is -0.332. The van der Waals surface area contributed by atoms with Gasteiger partial charge in [0.15, 0.2) is 0 Å². The standard InChI is InChI=1S/C19H16Cl2N2O2/c1-10-8-11(23(24)25)9-15-12-4-2-5-13(12)19(22-18(10)15)14-6-3-7-16(20)17(14)21/h2-4,6-9,12-13,19,22H,5H2,1H3/t12-,13+,19-/m0/s1. The van der Waals surface area contributed by atoms with Crippen LogP contribution in [0.2, 0.25) is 10.0 Å². The van der Waals surface area contributed by atoms with Crippen LogP contribution in [0, 0.1) is 23.0 Å². The zero-order chi connectivity index (χ0) is 17.7. The SMILES string of the molecule is Cc1cc([N+](=O)[O-])cc2c1N[C@H](c1cccc(Cl)c1Cl)[C@@H]1CC=C[C@H]21. The topological polar surface area (TPSA) is 55.2 Å². The Balaban J connectivity index is 1.86. The molecule has 1 aliphatic carbocycles. The zero-order valence-corrected chi connectivity index (χ0v) is 15.0. The van der Waals surface area contributed by atoms with Crippen molar-refractivity contribution < 1.29 is 4.92 Å². The molecule has 2 aromatic rings. The third kappa shape index (κ3) is 2.60. The molecule has 0 radical (unpaired) electrons. The van der Waals surface area contributed by atoms with Gasteiger partial charge in [-0.1, -0.05) is 47.5 Å². The van der Waals surface area contributed by atoms with Gasteiger partial charge in [-0.05, 0) is 42.0 Å². The summed E-state index contributed by atoms with van der Waals surface area (Å²) in [5.41, 5.74) is 3.91. The lowest BCUT2D eigenvalue weighted by molar-refractivity contribution is -0.385. The third-order valence-electron chi connectivity index (χ3n) is 5.18. The van der Waals surface area contributed by atoms with E-state index in [9.17, 15) is 10.1 Å². The molecule has 2 aromatic carbocycles. The summed E-state index contributed by atoms with van der Waals surface area (Å²) < 4.78 is 0. The maximum Gasteiger partial charge on any atom is 0.270 e. The molecule has 128 valence electrons. The van der Waals surface area contributed by atoms with Crippen LogP contribution >= 0.6 is 23.2 Å². The number of non-ortho nitro benzene ring substituents is 1. The number of benzene rings is 2. The molecule has 25 heavy (non-hydrogen) atoms. The fraction of sp³-hybridized carbons (Fsp3) is 0.263. The molecule has 0 amide bonds. The molecule has 3 atom stereocenters. The minimum absolute atomic E-state index is 0.0128. The van der Waals surface area contributed by atoms with Crippen molar-refractivity contribution in [3.05, 3.63) is 79.3 Å². The van der Waals surface area contributed by atoms with E-state index in [1.54, 1.807) is 18.2 Å². The molecule has 1 aliphatic heterocycles. The van der Waals surface area contributed by atoms with Crippen molar-refractivity contribution in [1.82, 2.24) is 0 Å². The van der Waals surface area contributed by atoms with Gasteiger partial charge in [0, 0.05) is 23.7 Å². The second-order valence-corrected chi connectivity index (χ2v) is 7.39. The molecule has 0 spiro atoms. The monoisotopic (exact) mass is 374 g/mol. The number of hydrogen-bond acceptors (Lipinski definition) is 3. The van der Waals surface area contributed by atoms with Crippen molar-refractivity contribution >= 4 is 34.6 Å². The van der Waals surface area contributed by atoms with E-state index in [0.717, 1.165) is 28.8 Å². The molecule has 1 N–H and O–H groups in total. The lowest BCUT2D eigenvalue weighted by Gasteiger charge is -2.38. The molecule has 0 fully saturated rings. The van der Waals surface area contributed by atoms with Gasteiger partial charge in [0.25, 0.3) is 5.69 Å². The summed E-state index contributed by atoms with van der Waals surface area (Å²) in [5, 5.41) is 15.9. The van der Waals surface area contributed by atoms with Crippen LogP contribution in [0.25, 0.3) is 0 Å². The number of nitro benzene ring substituents is 1. The van der Waals surface area contributed by atoms with E-state index in [0.29, 0.717) is 10.0 Å². The summed E-state index contributed by atoms with van der Waals surface area (Å²) in [4.78, 5) is 10.9. The van der Waals surface area contributed by atoms with Gasteiger partial charge in [-0.3, -0.25) is 10.1 Å². The van der Waals surface area contributed by atoms with Gasteiger partial charge < -0.3 is 5.32 Å². The number of nitrogens with zero attached hydrogens (tertiary/aromatic N) is 1. The van der Waals surface area contributed by atoms with Crippen LogP contribution in [0.15, 0.2) is 42.5 Å². The molecule has 0 saturated heterocycles. The number of fused-ring (bicyclic) bond motifs is 3. The average molecular weight is 375 g/mol. The van der Waals surface area contributed by atoms with Gasteiger partial charge >= 0.3 is 0 Å². The number of anilines is 1. The Morgan fingerprint density at radius 1 is 1.24 bits per heavy atom. The van der Waals surface area contributed by atoms with Crippen molar-refractivity contribution in [2.24, 2.45) is 5.92 Å². The van der Waals surface area contributed by atoms with Crippen molar-refractivity contribution in [3.63, 3.8) is 0 Å². The number of nitro groups is 1. The highest BCUT2D eigenvalue weighted by Gasteiger charge is 2.40. The third-order valence-corrected chi connectivity index (χ3v) is 6.01. The highest BCUT2D eigenvalue weighted by molar-refractivity contribution is 6.42. The summed E-state index contributed by atoms with van der Waals surface area (Å²) in [6.07, 6.45) is 5.19. The first-order valence-corrected chi connectivity index (χ1v) is 8.89. The molecule has 2 aliphatic rings. The molecule has 4 rings (SSSR count). The smallest absolute Gasteiger partial charge is 0.270 e. The van der Waals surface area contributed by atoms with Crippen LogP contribution in [-0.4, -0.2) is 4.92 Å². The maximum absolute atomic E-state index is 11.2. The van der Waals surface area contributed by atoms with Crippen LogP contribution in [0.3, 0.4) is 0 Å². The number of nitrogens with one attached hydrogen (secondary N) is 1. The van der Waals surface area contributed by atoms with Crippen molar-refractivity contribution in [2.75, 3.05) is 5.32 Å². The normalized spacial score (nSPS) is 23.7. The lowest BCUT2D eigenvalue weighted by atomic mass is 9.76.